The van der Waals surface area contributed by atoms with E-state index in [4.69, 9.17) is 25.8 Å². The van der Waals surface area contributed by atoms with Gasteiger partial charge in [-0.2, -0.15) is 9.97 Å². The number of alkyl halides is 1. The largest absolute Gasteiger partial charge is 0.481 e. The molecule has 9 nitrogen and oxygen atoms in total. The van der Waals surface area contributed by atoms with Crippen molar-refractivity contribution in [1.29, 1.82) is 0 Å². The lowest BCUT2D eigenvalue weighted by atomic mass is 10.2. The van der Waals surface area contributed by atoms with E-state index < -0.39 is 16.7 Å². The summed E-state index contributed by atoms with van der Waals surface area (Å²) in [6.07, 6.45) is 3.20. The number of rotatable bonds is 9. The number of thioether (sulfide) groups is 1. The molecule has 0 aliphatic heterocycles. The van der Waals surface area contributed by atoms with Gasteiger partial charge in [-0.3, -0.25) is 0 Å². The van der Waals surface area contributed by atoms with Gasteiger partial charge < -0.3 is 19.2 Å². The second-order valence-electron chi connectivity index (χ2n) is 5.69. The van der Waals surface area contributed by atoms with Gasteiger partial charge in [-0.1, -0.05) is 11.6 Å². The first kappa shape index (κ1) is 22.2. The van der Waals surface area contributed by atoms with Gasteiger partial charge >= 0.3 is 0 Å². The average molecular weight is 477 g/mol. The van der Waals surface area contributed by atoms with Crippen molar-refractivity contribution in [2.45, 2.75) is 9.79 Å². The Balaban J connectivity index is 2.02. The molecule has 2 N–H and O–H groups in total. The van der Waals surface area contributed by atoms with Crippen molar-refractivity contribution in [3.8, 4) is 17.5 Å². The molecule has 0 aliphatic carbocycles. The predicted molar refractivity (Wildman–Crippen MR) is 113 cm³/mol. The minimum atomic E-state index is -4.08. The Bertz CT molecular complexity index is 1150. The molecule has 30 heavy (non-hydrogen) atoms. The van der Waals surface area contributed by atoms with E-state index in [-0.39, 0.29) is 35.0 Å². The minimum Gasteiger partial charge on any atom is -0.481 e. The SMILES string of the molecule is COc1nc(NS(=O)(=O)c2c[nH]c3c(SC)c(Cl)ccc23)nc(OC)c1OCCF. The number of anilines is 1. The monoisotopic (exact) mass is 476 g/mol. The van der Waals surface area contributed by atoms with Crippen molar-refractivity contribution in [3.05, 3.63) is 23.4 Å². The summed E-state index contributed by atoms with van der Waals surface area (Å²) >= 11 is 7.58. The van der Waals surface area contributed by atoms with Gasteiger partial charge in [-0.05, 0) is 18.4 Å². The van der Waals surface area contributed by atoms with Gasteiger partial charge in [-0.25, -0.2) is 17.5 Å². The smallest absolute Gasteiger partial charge is 0.266 e. The normalized spacial score (nSPS) is 11.5. The molecule has 0 radical (unpaired) electrons. The average Bonchev–Trinajstić information content (AvgIpc) is 3.16. The maximum Gasteiger partial charge on any atom is 0.266 e. The molecule has 0 aliphatic rings. The summed E-state index contributed by atoms with van der Waals surface area (Å²) in [5.41, 5.74) is 0.599. The molecule has 2 heterocycles. The summed E-state index contributed by atoms with van der Waals surface area (Å²) in [4.78, 5) is 11.6. The summed E-state index contributed by atoms with van der Waals surface area (Å²) in [7, 11) is -1.48. The van der Waals surface area contributed by atoms with Crippen molar-refractivity contribution in [2.75, 3.05) is 38.5 Å². The zero-order valence-electron chi connectivity index (χ0n) is 16.2. The lowest BCUT2D eigenvalue weighted by Gasteiger charge is -2.14. The Morgan fingerprint density at radius 1 is 1.23 bits per heavy atom. The lowest BCUT2D eigenvalue weighted by Crippen LogP contribution is -2.16. The van der Waals surface area contributed by atoms with E-state index in [9.17, 15) is 12.8 Å². The second kappa shape index (κ2) is 9.14. The van der Waals surface area contributed by atoms with Crippen LogP contribution in [0.5, 0.6) is 17.5 Å². The first-order chi connectivity index (χ1) is 14.4. The molecule has 0 bridgehead atoms. The zero-order chi connectivity index (χ0) is 21.9. The Morgan fingerprint density at radius 3 is 2.47 bits per heavy atom. The van der Waals surface area contributed by atoms with E-state index in [0.29, 0.717) is 15.9 Å². The van der Waals surface area contributed by atoms with Crippen LogP contribution in [0.3, 0.4) is 0 Å². The number of aromatic nitrogens is 3. The van der Waals surface area contributed by atoms with Crippen LogP contribution in [0.15, 0.2) is 28.1 Å². The quantitative estimate of drug-likeness (QED) is 0.451. The van der Waals surface area contributed by atoms with Crippen LogP contribution in [0.4, 0.5) is 10.3 Å². The molecule has 3 rings (SSSR count). The molecule has 0 amide bonds. The van der Waals surface area contributed by atoms with Gasteiger partial charge in [0.05, 0.1) is 24.8 Å². The van der Waals surface area contributed by atoms with Crippen LogP contribution < -0.4 is 18.9 Å². The third kappa shape index (κ3) is 4.20. The number of halogens is 2. The number of hydrogen-bond donors (Lipinski definition) is 2. The first-order valence-electron chi connectivity index (χ1n) is 8.41. The van der Waals surface area contributed by atoms with Crippen LogP contribution in [-0.2, 0) is 10.0 Å². The highest BCUT2D eigenvalue weighted by Crippen LogP contribution is 2.37. The molecule has 0 atom stereocenters. The van der Waals surface area contributed by atoms with Crippen LogP contribution >= 0.6 is 23.4 Å². The number of nitrogens with one attached hydrogen (secondary N) is 2. The van der Waals surface area contributed by atoms with Crippen LogP contribution in [0.2, 0.25) is 5.02 Å². The van der Waals surface area contributed by atoms with Crippen molar-refractivity contribution in [3.63, 3.8) is 0 Å². The van der Waals surface area contributed by atoms with Gasteiger partial charge in [0.1, 0.15) is 18.2 Å². The predicted octanol–water partition coefficient (Wildman–Crippen LogP) is 3.50. The number of H-pyrrole nitrogens is 1. The minimum absolute atomic E-state index is 0.0104. The standard InChI is InChI=1S/C17H18ClFN4O5S2/c1-26-15-13(28-7-6-19)16(27-2)22-17(21-15)23-30(24,25)11-8-20-12-9(11)4-5-10(18)14(12)29-3/h4-5,8,20H,6-7H2,1-3H3,(H,21,22,23). The maximum absolute atomic E-state index is 13.0. The van der Waals surface area contributed by atoms with Crippen molar-refractivity contribution < 1.29 is 27.0 Å². The Labute approximate surface area is 181 Å². The first-order valence-corrected chi connectivity index (χ1v) is 11.5. The number of fused-ring (bicyclic) bond motifs is 1. The molecule has 3 aromatic rings. The van der Waals surface area contributed by atoms with Crippen molar-refractivity contribution in [2.24, 2.45) is 0 Å². The number of nitrogens with zero attached hydrogens (tertiary/aromatic N) is 2. The fourth-order valence-electron chi connectivity index (χ4n) is 2.72. The molecule has 0 fully saturated rings. The van der Waals surface area contributed by atoms with E-state index in [0.717, 1.165) is 4.90 Å². The van der Waals surface area contributed by atoms with E-state index in [1.54, 1.807) is 12.1 Å². The van der Waals surface area contributed by atoms with E-state index in [2.05, 4.69) is 19.7 Å². The molecular weight excluding hydrogens is 459 g/mol. The van der Waals surface area contributed by atoms with E-state index >= 15 is 0 Å². The number of hydrogen-bond acceptors (Lipinski definition) is 8. The summed E-state index contributed by atoms with van der Waals surface area (Å²) in [5, 5.41) is 0.966. The van der Waals surface area contributed by atoms with Crippen LogP contribution in [0.25, 0.3) is 10.9 Å². The molecule has 2 aromatic heterocycles. The van der Waals surface area contributed by atoms with Crippen LogP contribution in [-0.4, -0.2) is 57.1 Å². The number of methoxy groups -OCH3 is 2. The fourth-order valence-corrected chi connectivity index (χ4v) is 4.86. The highest BCUT2D eigenvalue weighted by molar-refractivity contribution is 7.99. The van der Waals surface area contributed by atoms with Gasteiger partial charge in [0.15, 0.2) is 0 Å². The number of ether oxygens (including phenoxy) is 3. The lowest BCUT2D eigenvalue weighted by molar-refractivity contribution is 0.240. The topological polar surface area (TPSA) is 115 Å². The molecule has 0 unspecified atom stereocenters. The highest BCUT2D eigenvalue weighted by atomic mass is 35.5. The fraction of sp³-hybridized carbons (Fsp3) is 0.294. The summed E-state index contributed by atoms with van der Waals surface area (Å²) < 4.78 is 56.2. The highest BCUT2D eigenvalue weighted by Gasteiger charge is 2.25. The van der Waals surface area contributed by atoms with E-state index in [1.165, 1.54) is 32.2 Å². The van der Waals surface area contributed by atoms with Gasteiger partial charge in [0.25, 0.3) is 21.8 Å². The second-order valence-corrected chi connectivity index (χ2v) is 8.57. The molecule has 1 aromatic carbocycles. The van der Waals surface area contributed by atoms with Crippen LogP contribution in [0, 0.1) is 0 Å². The number of sulfonamides is 1. The van der Waals surface area contributed by atoms with Gasteiger partial charge in [0.2, 0.25) is 11.7 Å². The summed E-state index contributed by atoms with van der Waals surface area (Å²) in [6, 6.07) is 3.24. The molecule has 13 heteroatoms. The van der Waals surface area contributed by atoms with Crippen LogP contribution in [0.1, 0.15) is 0 Å². The molecule has 0 spiro atoms. The van der Waals surface area contributed by atoms with Gasteiger partial charge in [-0.15, -0.1) is 11.8 Å². The molecule has 162 valence electrons. The van der Waals surface area contributed by atoms with Crippen molar-refractivity contribution in [1.82, 2.24) is 15.0 Å². The summed E-state index contributed by atoms with van der Waals surface area (Å²) in [5.74, 6) is -0.552. The molecule has 0 saturated carbocycles. The third-order valence-corrected chi connectivity index (χ3v) is 6.58. The van der Waals surface area contributed by atoms with Crippen molar-refractivity contribution >= 4 is 50.2 Å². The molecular formula is C17H18ClFN4O5S2. The Kier molecular flexibility index (Phi) is 6.78. The summed E-state index contributed by atoms with van der Waals surface area (Å²) in [6.45, 7) is -1.01. The number of aromatic amines is 1. The Hall–Kier alpha value is -2.44. The zero-order valence-corrected chi connectivity index (χ0v) is 18.5. The maximum atomic E-state index is 13.0. The number of benzene rings is 1. The third-order valence-electron chi connectivity index (χ3n) is 3.96. The Morgan fingerprint density at radius 2 is 1.90 bits per heavy atom. The van der Waals surface area contributed by atoms with Gasteiger partial charge in [0, 0.05) is 16.5 Å². The molecule has 0 saturated heterocycles. The van der Waals surface area contributed by atoms with E-state index in [1.807, 2.05) is 6.26 Å².